The van der Waals surface area contributed by atoms with Crippen molar-refractivity contribution in [2.24, 2.45) is 5.92 Å². The van der Waals surface area contributed by atoms with E-state index in [2.05, 4.69) is 90.3 Å². The summed E-state index contributed by atoms with van der Waals surface area (Å²) in [6.07, 6.45) is 2.32. The standard InChI is InChI=1S/C23H20N.C14H16NSi.Ir/c1-16(2)13-17-11-12-24-23(14-17)20-9-10-22-19(15-20)8-7-18-5-3-4-6-21(18)22;1-16(2,3)13-9-10-14(15-11-13)12-7-5-4-6-8-12;/h3-8,10-12,14-16H,13H2,1-2H3;4-7,9-11H,1-3H3;/q2*-1;/i13D2;;. The van der Waals surface area contributed by atoms with Gasteiger partial charge in [0.25, 0.3) is 0 Å². The second-order valence-electron chi connectivity index (χ2n) is 11.3. The molecule has 0 bridgehead atoms. The Balaban J connectivity index is 0.000000215. The third-order valence-electron chi connectivity index (χ3n) is 6.78. The topological polar surface area (TPSA) is 25.8 Å². The Morgan fingerprint density at radius 3 is 2.24 bits per heavy atom. The van der Waals surface area contributed by atoms with E-state index in [1.807, 2.05) is 62.5 Å². The summed E-state index contributed by atoms with van der Waals surface area (Å²) in [6.45, 7) is 10.8. The molecule has 0 N–H and O–H groups in total. The molecule has 2 aromatic heterocycles. The summed E-state index contributed by atoms with van der Waals surface area (Å²) in [7, 11) is -1.23. The van der Waals surface area contributed by atoms with E-state index < -0.39 is 14.4 Å². The van der Waals surface area contributed by atoms with Crippen molar-refractivity contribution in [3.05, 3.63) is 127 Å². The third-order valence-corrected chi connectivity index (χ3v) is 8.81. The third kappa shape index (κ3) is 7.65. The zero-order valence-corrected chi connectivity index (χ0v) is 27.6. The van der Waals surface area contributed by atoms with Crippen LogP contribution in [0.25, 0.3) is 44.1 Å². The molecule has 0 spiro atoms. The number of fused-ring (bicyclic) bond motifs is 3. The number of pyridine rings is 2. The Bertz CT molecular complexity index is 1820. The Hall–Kier alpha value is -3.43. The molecular weight excluding hydrogens is 693 g/mol. The number of nitrogens with zero attached hydrogens (tertiary/aromatic N) is 2. The maximum atomic E-state index is 8.33. The molecule has 0 unspecified atom stereocenters. The minimum absolute atomic E-state index is 0. The summed E-state index contributed by atoms with van der Waals surface area (Å²) in [4.78, 5) is 8.97. The van der Waals surface area contributed by atoms with Crippen LogP contribution in [0.4, 0.5) is 0 Å². The van der Waals surface area contributed by atoms with Crippen molar-refractivity contribution in [1.29, 1.82) is 0 Å². The molecular formula is C37H36IrN2Si-2. The summed E-state index contributed by atoms with van der Waals surface area (Å²) in [5.74, 6) is -0.107. The van der Waals surface area contributed by atoms with Gasteiger partial charge in [0.2, 0.25) is 0 Å². The van der Waals surface area contributed by atoms with Gasteiger partial charge in [-0.3, -0.25) is 0 Å². The number of rotatable bonds is 5. The monoisotopic (exact) mass is 731 g/mol. The van der Waals surface area contributed by atoms with E-state index >= 15 is 0 Å². The van der Waals surface area contributed by atoms with Crippen molar-refractivity contribution in [3.63, 3.8) is 0 Å². The minimum atomic E-state index is -1.38. The molecule has 41 heavy (non-hydrogen) atoms. The van der Waals surface area contributed by atoms with Crippen LogP contribution < -0.4 is 5.19 Å². The van der Waals surface area contributed by atoms with E-state index in [0.29, 0.717) is 5.56 Å². The van der Waals surface area contributed by atoms with Crippen LogP contribution in [-0.4, -0.2) is 18.0 Å². The van der Waals surface area contributed by atoms with Crippen LogP contribution >= 0.6 is 0 Å². The first-order valence-corrected chi connectivity index (χ1v) is 17.3. The fraction of sp³-hybridized carbons (Fsp3) is 0.189. The number of hydrogen-bond acceptors (Lipinski definition) is 2. The molecule has 6 aromatic rings. The van der Waals surface area contributed by atoms with Crippen LogP contribution in [0.2, 0.25) is 19.6 Å². The molecule has 2 heterocycles. The minimum Gasteiger partial charge on any atom is -0.305 e. The normalized spacial score (nSPS) is 12.2. The number of aromatic nitrogens is 2. The van der Waals surface area contributed by atoms with Gasteiger partial charge in [0.1, 0.15) is 0 Å². The fourth-order valence-corrected chi connectivity index (χ4v) is 5.68. The maximum absolute atomic E-state index is 8.33. The van der Waals surface area contributed by atoms with Gasteiger partial charge in [-0.15, -0.1) is 65.0 Å². The average Bonchev–Trinajstić information content (AvgIpc) is 3.01. The Morgan fingerprint density at radius 1 is 0.756 bits per heavy atom. The molecule has 0 amide bonds. The van der Waals surface area contributed by atoms with E-state index in [9.17, 15) is 0 Å². The van der Waals surface area contributed by atoms with E-state index in [-0.39, 0.29) is 26.0 Å². The van der Waals surface area contributed by atoms with E-state index in [1.54, 1.807) is 12.3 Å². The Morgan fingerprint density at radius 2 is 1.54 bits per heavy atom. The van der Waals surface area contributed by atoms with Crippen molar-refractivity contribution >= 4 is 34.8 Å². The van der Waals surface area contributed by atoms with Crippen molar-refractivity contribution in [1.82, 2.24) is 9.97 Å². The SMILES string of the molecule is C[Si](C)(C)c1ccc(-c2[c-]cccc2)nc1.[2H]C([2H])(c1ccnc(-c2[c-]cc3c(ccc4ccccc43)c2)c1)C(C)C.[Ir]. The van der Waals surface area contributed by atoms with Crippen LogP contribution in [0, 0.1) is 18.1 Å². The first-order chi connectivity index (χ1) is 20.0. The van der Waals surface area contributed by atoms with Gasteiger partial charge in [0.15, 0.2) is 0 Å². The molecule has 4 heteroatoms. The van der Waals surface area contributed by atoms with E-state index in [4.69, 9.17) is 2.74 Å². The summed E-state index contributed by atoms with van der Waals surface area (Å²) in [6, 6.07) is 39.1. The zero-order valence-electron chi connectivity index (χ0n) is 26.2. The van der Waals surface area contributed by atoms with Crippen LogP contribution in [0.15, 0.2) is 109 Å². The molecule has 209 valence electrons. The molecule has 0 aliphatic heterocycles. The summed E-state index contributed by atoms with van der Waals surface area (Å²) < 4.78 is 16.7. The molecule has 0 saturated heterocycles. The van der Waals surface area contributed by atoms with Crippen molar-refractivity contribution < 1.29 is 22.8 Å². The van der Waals surface area contributed by atoms with E-state index in [1.165, 1.54) is 21.3 Å². The summed E-state index contributed by atoms with van der Waals surface area (Å²) in [5, 5.41) is 6.13. The molecule has 0 aliphatic carbocycles. The van der Waals surface area contributed by atoms with Gasteiger partial charge in [0.05, 0.1) is 8.07 Å². The number of hydrogen-bond donors (Lipinski definition) is 0. The van der Waals surface area contributed by atoms with Crippen LogP contribution in [0.5, 0.6) is 0 Å². The summed E-state index contributed by atoms with van der Waals surface area (Å²) in [5.41, 5.74) is 4.35. The molecule has 0 aliphatic rings. The second kappa shape index (κ2) is 13.5. The predicted molar refractivity (Wildman–Crippen MR) is 174 cm³/mol. The average molecular weight is 731 g/mol. The quantitative estimate of drug-likeness (QED) is 0.101. The van der Waals surface area contributed by atoms with Gasteiger partial charge in [-0.2, -0.15) is 0 Å². The first kappa shape index (κ1) is 27.7. The molecule has 0 atom stereocenters. The molecule has 1 radical (unpaired) electrons. The second-order valence-corrected chi connectivity index (χ2v) is 16.4. The molecule has 0 fully saturated rings. The van der Waals surface area contributed by atoms with Crippen LogP contribution in [0.1, 0.15) is 22.2 Å². The van der Waals surface area contributed by atoms with Gasteiger partial charge >= 0.3 is 0 Å². The van der Waals surface area contributed by atoms with Gasteiger partial charge in [-0.05, 0) is 40.3 Å². The van der Waals surface area contributed by atoms with Gasteiger partial charge in [-0.25, -0.2) is 0 Å². The number of benzene rings is 4. The van der Waals surface area contributed by atoms with Gasteiger partial charge < -0.3 is 9.97 Å². The van der Waals surface area contributed by atoms with Gasteiger partial charge in [-0.1, -0.05) is 104 Å². The fourth-order valence-electron chi connectivity index (χ4n) is 4.64. The van der Waals surface area contributed by atoms with Gasteiger partial charge in [0, 0.05) is 35.2 Å². The molecule has 4 aromatic carbocycles. The largest absolute Gasteiger partial charge is 0.305 e. The Labute approximate surface area is 262 Å². The smallest absolute Gasteiger partial charge is 0.0795 e. The van der Waals surface area contributed by atoms with Crippen molar-refractivity contribution in [2.45, 2.75) is 39.9 Å². The molecule has 0 saturated carbocycles. The maximum Gasteiger partial charge on any atom is 0.0795 e. The Kier molecular flexibility index (Phi) is 9.12. The molecule has 2 nitrogen and oxygen atoms in total. The molecule has 6 rings (SSSR count). The predicted octanol–water partition coefficient (Wildman–Crippen LogP) is 9.15. The summed E-state index contributed by atoms with van der Waals surface area (Å²) >= 11 is 0. The van der Waals surface area contributed by atoms with Crippen molar-refractivity contribution in [3.8, 4) is 22.5 Å². The zero-order chi connectivity index (χ0) is 29.9. The van der Waals surface area contributed by atoms with Crippen LogP contribution in [0.3, 0.4) is 0 Å². The first-order valence-electron chi connectivity index (χ1n) is 14.8. The van der Waals surface area contributed by atoms with E-state index in [0.717, 1.165) is 27.9 Å². The van der Waals surface area contributed by atoms with Crippen LogP contribution in [-0.2, 0) is 26.5 Å². The van der Waals surface area contributed by atoms with Crippen molar-refractivity contribution in [2.75, 3.05) is 0 Å².